The van der Waals surface area contributed by atoms with Gasteiger partial charge in [0.2, 0.25) is 0 Å². The first kappa shape index (κ1) is 17.7. The van der Waals surface area contributed by atoms with E-state index in [1.54, 1.807) is 0 Å². The van der Waals surface area contributed by atoms with Gasteiger partial charge >= 0.3 is 0 Å². The summed E-state index contributed by atoms with van der Waals surface area (Å²) in [5.74, 6) is -0.147. The van der Waals surface area contributed by atoms with Gasteiger partial charge in [0.1, 0.15) is 0 Å². The average molecular weight is 345 g/mol. The predicted octanol–water partition coefficient (Wildman–Crippen LogP) is 2.22. The molecular formula is C18H27N5O2. The molecule has 25 heavy (non-hydrogen) atoms. The normalized spacial score (nSPS) is 19.7. The summed E-state index contributed by atoms with van der Waals surface area (Å²) in [4.78, 5) is 12.7. The Hall–Kier alpha value is -2.15. The Labute approximate surface area is 148 Å². The van der Waals surface area contributed by atoms with Gasteiger partial charge in [-0.2, -0.15) is 10.2 Å². The van der Waals surface area contributed by atoms with E-state index in [9.17, 15) is 4.79 Å². The molecule has 3 heterocycles. The summed E-state index contributed by atoms with van der Waals surface area (Å²) in [7, 11) is 1.95. The highest BCUT2D eigenvalue weighted by Gasteiger charge is 2.29. The number of carbonyl (C=O) groups is 1. The summed E-state index contributed by atoms with van der Waals surface area (Å²) in [6, 6.07) is 0. The van der Waals surface area contributed by atoms with E-state index in [1.165, 1.54) is 0 Å². The van der Waals surface area contributed by atoms with Gasteiger partial charge in [-0.25, -0.2) is 0 Å². The fraction of sp³-hybridized carbons (Fsp3) is 0.611. The fourth-order valence-corrected chi connectivity index (χ4v) is 3.71. The Kier molecular flexibility index (Phi) is 4.94. The molecule has 0 spiro atoms. The maximum Gasteiger partial charge on any atom is 0.272 e. The second kappa shape index (κ2) is 7.00. The van der Waals surface area contributed by atoms with Crippen LogP contribution in [-0.4, -0.2) is 32.0 Å². The van der Waals surface area contributed by atoms with Crippen LogP contribution < -0.4 is 5.32 Å². The Morgan fingerprint density at radius 3 is 2.80 bits per heavy atom. The lowest BCUT2D eigenvalue weighted by Gasteiger charge is -2.25. The van der Waals surface area contributed by atoms with Gasteiger partial charge in [-0.1, -0.05) is 13.8 Å². The Balaban J connectivity index is 1.79. The van der Waals surface area contributed by atoms with Crippen molar-refractivity contribution in [2.75, 3.05) is 0 Å². The molecule has 7 nitrogen and oxygen atoms in total. The van der Waals surface area contributed by atoms with Crippen LogP contribution in [0.25, 0.3) is 0 Å². The van der Waals surface area contributed by atoms with Gasteiger partial charge in [0, 0.05) is 36.8 Å². The molecule has 0 aliphatic carbocycles. The van der Waals surface area contributed by atoms with Crippen molar-refractivity contribution in [1.29, 1.82) is 0 Å². The Morgan fingerprint density at radius 2 is 2.12 bits per heavy atom. The minimum Gasteiger partial charge on any atom is -0.369 e. The van der Waals surface area contributed by atoms with Crippen LogP contribution in [-0.2, 0) is 37.6 Å². The number of ether oxygens (including phenoxy) is 1. The van der Waals surface area contributed by atoms with Crippen LogP contribution in [0.1, 0.15) is 72.5 Å². The molecular weight excluding hydrogens is 318 g/mol. The SMILES string of the molecule is CCc1nn(C)c(CC)c1CNC(=O)c1n[nH]c2c1C[C@H](C)O[C@@H]2C. The number of aromatic nitrogens is 4. The first-order chi connectivity index (χ1) is 12.0. The van der Waals surface area contributed by atoms with E-state index in [0.29, 0.717) is 18.7 Å². The van der Waals surface area contributed by atoms with Crippen molar-refractivity contribution in [2.45, 2.75) is 65.7 Å². The summed E-state index contributed by atoms with van der Waals surface area (Å²) >= 11 is 0. The lowest BCUT2D eigenvalue weighted by atomic mass is 9.99. The van der Waals surface area contributed by atoms with Crippen molar-refractivity contribution in [1.82, 2.24) is 25.3 Å². The topological polar surface area (TPSA) is 84.8 Å². The number of amides is 1. The van der Waals surface area contributed by atoms with E-state index < -0.39 is 0 Å². The molecule has 2 atom stereocenters. The van der Waals surface area contributed by atoms with E-state index in [0.717, 1.165) is 41.1 Å². The molecule has 7 heteroatoms. The standard InChI is InChI=1S/C18H27N5O2/c1-6-14-13(15(7-2)23(5)22-14)9-19-18(24)17-12-8-10(3)25-11(4)16(12)20-21-17/h10-11H,6-9H2,1-5H3,(H,19,24)(H,20,21)/t10-,11+/m0/s1. The lowest BCUT2D eigenvalue weighted by Crippen LogP contribution is -2.28. The summed E-state index contributed by atoms with van der Waals surface area (Å²) in [5, 5.41) is 14.8. The molecule has 0 saturated heterocycles. The zero-order valence-corrected chi connectivity index (χ0v) is 15.6. The number of nitrogens with one attached hydrogen (secondary N) is 2. The van der Waals surface area contributed by atoms with Gasteiger partial charge in [0.25, 0.3) is 5.91 Å². The smallest absolute Gasteiger partial charge is 0.272 e. The van der Waals surface area contributed by atoms with Crippen LogP contribution >= 0.6 is 0 Å². The zero-order chi connectivity index (χ0) is 18.1. The maximum absolute atomic E-state index is 12.7. The highest BCUT2D eigenvalue weighted by molar-refractivity contribution is 5.94. The summed E-state index contributed by atoms with van der Waals surface area (Å²) in [6.07, 6.45) is 2.46. The van der Waals surface area contributed by atoms with Crippen molar-refractivity contribution in [3.8, 4) is 0 Å². The van der Waals surface area contributed by atoms with Crippen molar-refractivity contribution in [2.24, 2.45) is 7.05 Å². The second-order valence-electron chi connectivity index (χ2n) is 6.64. The molecule has 136 valence electrons. The molecule has 2 aromatic rings. The molecule has 0 aromatic carbocycles. The minimum absolute atomic E-state index is 0.0653. The van der Waals surface area contributed by atoms with Crippen LogP contribution in [0.2, 0.25) is 0 Å². The molecule has 1 aliphatic heterocycles. The van der Waals surface area contributed by atoms with Crippen molar-refractivity contribution < 1.29 is 9.53 Å². The minimum atomic E-state index is -0.147. The van der Waals surface area contributed by atoms with Gasteiger partial charge in [-0.15, -0.1) is 0 Å². The molecule has 1 amide bonds. The molecule has 2 aromatic heterocycles. The predicted molar refractivity (Wildman–Crippen MR) is 94.4 cm³/mol. The third-order valence-electron chi connectivity index (χ3n) is 4.90. The highest BCUT2D eigenvalue weighted by Crippen LogP contribution is 2.30. The second-order valence-corrected chi connectivity index (χ2v) is 6.64. The molecule has 0 fully saturated rings. The largest absolute Gasteiger partial charge is 0.369 e. The summed E-state index contributed by atoms with van der Waals surface area (Å²) in [5.41, 5.74) is 5.69. The number of nitrogens with zero attached hydrogens (tertiary/aromatic N) is 3. The van der Waals surface area contributed by atoms with Crippen molar-refractivity contribution >= 4 is 5.91 Å². The molecule has 0 unspecified atom stereocenters. The molecule has 0 bridgehead atoms. The summed E-state index contributed by atoms with van der Waals surface area (Å²) < 4.78 is 7.70. The number of aromatic amines is 1. The van der Waals surface area contributed by atoms with Gasteiger partial charge in [-0.05, 0) is 26.7 Å². The van der Waals surface area contributed by atoms with E-state index in [4.69, 9.17) is 4.74 Å². The molecule has 0 saturated carbocycles. The number of H-pyrrole nitrogens is 1. The van der Waals surface area contributed by atoms with Gasteiger partial charge < -0.3 is 10.1 Å². The van der Waals surface area contributed by atoms with E-state index in [1.807, 2.05) is 25.6 Å². The van der Waals surface area contributed by atoms with Gasteiger partial charge in [0.05, 0.1) is 23.6 Å². The zero-order valence-electron chi connectivity index (χ0n) is 15.6. The molecule has 2 N–H and O–H groups in total. The van der Waals surface area contributed by atoms with Crippen LogP contribution in [0.15, 0.2) is 0 Å². The molecule has 0 radical (unpaired) electrons. The van der Waals surface area contributed by atoms with Crippen molar-refractivity contribution in [3.63, 3.8) is 0 Å². The third-order valence-corrected chi connectivity index (χ3v) is 4.90. The van der Waals surface area contributed by atoms with Crippen LogP contribution in [0.5, 0.6) is 0 Å². The Bertz CT molecular complexity index is 777. The highest BCUT2D eigenvalue weighted by atomic mass is 16.5. The van der Waals surface area contributed by atoms with E-state index in [-0.39, 0.29) is 18.1 Å². The number of aryl methyl sites for hydroxylation is 2. The first-order valence-corrected chi connectivity index (χ1v) is 9.00. The monoisotopic (exact) mass is 345 g/mol. The number of hydrogen-bond acceptors (Lipinski definition) is 4. The molecule has 3 rings (SSSR count). The number of carbonyl (C=O) groups excluding carboxylic acids is 1. The first-order valence-electron chi connectivity index (χ1n) is 9.00. The van der Waals surface area contributed by atoms with Crippen LogP contribution in [0, 0.1) is 0 Å². The molecule has 1 aliphatic rings. The van der Waals surface area contributed by atoms with Gasteiger partial charge in [0.15, 0.2) is 5.69 Å². The number of rotatable bonds is 5. The summed E-state index contributed by atoms with van der Waals surface area (Å²) in [6.45, 7) is 8.66. The third kappa shape index (κ3) is 3.20. The van der Waals surface area contributed by atoms with E-state index in [2.05, 4.69) is 34.5 Å². The lowest BCUT2D eigenvalue weighted by molar-refractivity contribution is -0.00697. The van der Waals surface area contributed by atoms with E-state index >= 15 is 0 Å². The van der Waals surface area contributed by atoms with Crippen LogP contribution in [0.4, 0.5) is 0 Å². The number of hydrogen-bond donors (Lipinski definition) is 2. The van der Waals surface area contributed by atoms with Crippen molar-refractivity contribution in [3.05, 3.63) is 33.9 Å². The van der Waals surface area contributed by atoms with Crippen LogP contribution in [0.3, 0.4) is 0 Å². The maximum atomic E-state index is 12.7. The fourth-order valence-electron chi connectivity index (χ4n) is 3.71. The average Bonchev–Trinajstić information content (AvgIpc) is 3.13. The number of fused-ring (bicyclic) bond motifs is 1. The van der Waals surface area contributed by atoms with Gasteiger partial charge in [-0.3, -0.25) is 14.6 Å². The quantitative estimate of drug-likeness (QED) is 0.870. The Morgan fingerprint density at radius 1 is 1.36 bits per heavy atom.